The van der Waals surface area contributed by atoms with Crippen LogP contribution in [0.3, 0.4) is 0 Å². The predicted molar refractivity (Wildman–Crippen MR) is 98.9 cm³/mol. The van der Waals surface area contributed by atoms with Crippen LogP contribution in [0, 0.1) is 5.82 Å². The van der Waals surface area contributed by atoms with E-state index in [1.165, 1.54) is 30.3 Å². The number of carbonyl (C=O) groups is 1. The molecule has 4 rings (SSSR count). The molecule has 10 heteroatoms. The van der Waals surface area contributed by atoms with E-state index in [4.69, 9.17) is 16.1 Å². The van der Waals surface area contributed by atoms with Gasteiger partial charge in [0.25, 0.3) is 5.89 Å². The van der Waals surface area contributed by atoms with E-state index in [-0.39, 0.29) is 35.7 Å². The van der Waals surface area contributed by atoms with Crippen molar-refractivity contribution >= 4 is 17.5 Å². The maximum absolute atomic E-state index is 13.2. The van der Waals surface area contributed by atoms with Gasteiger partial charge in [0, 0.05) is 36.0 Å². The van der Waals surface area contributed by atoms with Gasteiger partial charge in [-0.25, -0.2) is 4.39 Å². The Balaban J connectivity index is 1.47. The van der Waals surface area contributed by atoms with Gasteiger partial charge in [-0.3, -0.25) is 4.79 Å². The van der Waals surface area contributed by atoms with Crippen LogP contribution >= 0.6 is 11.6 Å². The minimum absolute atomic E-state index is 0.0752. The SMILES string of the molecule is O=C1CC(c2noc(-c3ccc(C(F)(F)F)cc3)n2)CN1Cc1ccc(F)cc1Cl. The molecule has 2 heterocycles. The monoisotopic (exact) mass is 439 g/mol. The van der Waals surface area contributed by atoms with Crippen LogP contribution in [0.15, 0.2) is 47.0 Å². The lowest BCUT2D eigenvalue weighted by atomic mass is 10.1. The summed E-state index contributed by atoms with van der Waals surface area (Å²) in [5.74, 6) is -0.556. The Morgan fingerprint density at radius 2 is 1.90 bits per heavy atom. The second-order valence-corrected chi connectivity index (χ2v) is 7.35. The third kappa shape index (κ3) is 4.16. The average Bonchev–Trinajstić information content (AvgIpc) is 3.31. The van der Waals surface area contributed by atoms with Crippen molar-refractivity contribution in [3.05, 3.63) is 70.3 Å². The number of hydrogen-bond donors (Lipinski definition) is 0. The zero-order valence-electron chi connectivity index (χ0n) is 15.3. The first kappa shape index (κ1) is 20.3. The largest absolute Gasteiger partial charge is 0.416 e. The third-order valence-corrected chi connectivity index (χ3v) is 5.21. The normalized spacial score (nSPS) is 17.0. The van der Waals surface area contributed by atoms with Crippen molar-refractivity contribution in [2.24, 2.45) is 0 Å². The van der Waals surface area contributed by atoms with Gasteiger partial charge in [-0.05, 0) is 42.0 Å². The molecule has 156 valence electrons. The lowest BCUT2D eigenvalue weighted by Crippen LogP contribution is -2.24. The molecular formula is C20H14ClF4N3O2. The van der Waals surface area contributed by atoms with Crippen molar-refractivity contribution < 1.29 is 26.9 Å². The third-order valence-electron chi connectivity index (χ3n) is 4.86. The summed E-state index contributed by atoms with van der Waals surface area (Å²) in [5, 5.41) is 4.12. The minimum Gasteiger partial charge on any atom is -0.338 e. The molecule has 0 aliphatic carbocycles. The Hall–Kier alpha value is -2.94. The summed E-state index contributed by atoms with van der Waals surface area (Å²) < 4.78 is 56.4. The fourth-order valence-corrected chi connectivity index (χ4v) is 3.50. The number of halogens is 5. The summed E-state index contributed by atoms with van der Waals surface area (Å²) in [5.41, 5.74) is 0.189. The van der Waals surface area contributed by atoms with Crippen molar-refractivity contribution in [3.63, 3.8) is 0 Å². The fraction of sp³-hybridized carbons (Fsp3) is 0.250. The van der Waals surface area contributed by atoms with E-state index in [0.717, 1.165) is 12.1 Å². The summed E-state index contributed by atoms with van der Waals surface area (Å²) in [4.78, 5) is 18.2. The summed E-state index contributed by atoms with van der Waals surface area (Å²) in [6, 6.07) is 8.36. The van der Waals surface area contributed by atoms with Crippen molar-refractivity contribution in [2.75, 3.05) is 6.54 Å². The van der Waals surface area contributed by atoms with Gasteiger partial charge in [-0.1, -0.05) is 22.8 Å². The maximum Gasteiger partial charge on any atom is 0.416 e. The molecule has 0 saturated carbocycles. The second kappa shape index (κ2) is 7.71. The second-order valence-electron chi connectivity index (χ2n) is 6.94. The minimum atomic E-state index is -4.43. The zero-order chi connectivity index (χ0) is 21.5. The number of likely N-dealkylation sites (tertiary alicyclic amines) is 1. The van der Waals surface area contributed by atoms with Gasteiger partial charge in [0.1, 0.15) is 5.82 Å². The van der Waals surface area contributed by atoms with Crippen LogP contribution in [-0.2, 0) is 17.5 Å². The van der Waals surface area contributed by atoms with E-state index in [9.17, 15) is 22.4 Å². The molecule has 0 radical (unpaired) electrons. The van der Waals surface area contributed by atoms with Crippen molar-refractivity contribution in [1.82, 2.24) is 15.0 Å². The van der Waals surface area contributed by atoms with E-state index in [1.54, 1.807) is 4.90 Å². The number of benzene rings is 2. The number of carbonyl (C=O) groups excluding carboxylic acids is 1. The molecule has 1 fully saturated rings. The zero-order valence-corrected chi connectivity index (χ0v) is 16.0. The number of hydrogen-bond acceptors (Lipinski definition) is 4. The summed E-state index contributed by atoms with van der Waals surface area (Å²) in [7, 11) is 0. The Morgan fingerprint density at radius 1 is 1.17 bits per heavy atom. The van der Waals surface area contributed by atoms with Gasteiger partial charge < -0.3 is 9.42 Å². The molecule has 5 nitrogen and oxygen atoms in total. The number of amides is 1. The van der Waals surface area contributed by atoms with E-state index in [0.29, 0.717) is 23.5 Å². The first-order valence-electron chi connectivity index (χ1n) is 8.93. The van der Waals surface area contributed by atoms with Crippen molar-refractivity contribution in [3.8, 4) is 11.5 Å². The maximum atomic E-state index is 13.2. The predicted octanol–water partition coefficient (Wildman–Crippen LogP) is 5.06. The fourth-order valence-electron chi connectivity index (χ4n) is 3.27. The van der Waals surface area contributed by atoms with Gasteiger partial charge in [-0.15, -0.1) is 0 Å². The highest BCUT2D eigenvalue weighted by Crippen LogP contribution is 2.32. The van der Waals surface area contributed by atoms with Gasteiger partial charge >= 0.3 is 6.18 Å². The Morgan fingerprint density at radius 3 is 2.57 bits per heavy atom. The van der Waals surface area contributed by atoms with Gasteiger partial charge in [-0.2, -0.15) is 18.2 Å². The highest BCUT2D eigenvalue weighted by atomic mass is 35.5. The summed E-state index contributed by atoms with van der Waals surface area (Å²) in [6.45, 7) is 0.538. The molecule has 1 aliphatic heterocycles. The van der Waals surface area contributed by atoms with E-state index < -0.39 is 17.6 Å². The van der Waals surface area contributed by atoms with Crippen molar-refractivity contribution in [2.45, 2.75) is 25.1 Å². The molecule has 0 spiro atoms. The lowest BCUT2D eigenvalue weighted by Gasteiger charge is -2.17. The molecule has 1 aliphatic rings. The van der Waals surface area contributed by atoms with Crippen LogP contribution in [0.4, 0.5) is 17.6 Å². The van der Waals surface area contributed by atoms with E-state index >= 15 is 0 Å². The molecule has 1 atom stereocenters. The van der Waals surface area contributed by atoms with Gasteiger partial charge in [0.05, 0.1) is 5.56 Å². The molecule has 0 bridgehead atoms. The number of nitrogens with zero attached hydrogens (tertiary/aromatic N) is 3. The lowest BCUT2D eigenvalue weighted by molar-refractivity contribution is -0.137. The summed E-state index contributed by atoms with van der Waals surface area (Å²) >= 11 is 6.03. The first-order chi connectivity index (χ1) is 14.2. The van der Waals surface area contributed by atoms with E-state index in [2.05, 4.69) is 10.1 Å². The Bertz CT molecular complexity index is 1080. The first-order valence-corrected chi connectivity index (χ1v) is 9.31. The molecule has 1 amide bonds. The number of rotatable bonds is 4. The van der Waals surface area contributed by atoms with Crippen LogP contribution in [0.25, 0.3) is 11.5 Å². The van der Waals surface area contributed by atoms with Gasteiger partial charge in [0.15, 0.2) is 5.82 Å². The molecule has 30 heavy (non-hydrogen) atoms. The molecule has 3 aromatic rings. The Kier molecular flexibility index (Phi) is 5.23. The van der Waals surface area contributed by atoms with Crippen LogP contribution in [0.1, 0.15) is 29.3 Å². The smallest absolute Gasteiger partial charge is 0.338 e. The van der Waals surface area contributed by atoms with Gasteiger partial charge in [0.2, 0.25) is 5.91 Å². The molecule has 1 unspecified atom stereocenters. The molecule has 0 N–H and O–H groups in total. The highest BCUT2D eigenvalue weighted by molar-refractivity contribution is 6.31. The molecular weight excluding hydrogens is 426 g/mol. The van der Waals surface area contributed by atoms with Crippen LogP contribution in [0.2, 0.25) is 5.02 Å². The number of aromatic nitrogens is 2. The molecule has 1 saturated heterocycles. The quantitative estimate of drug-likeness (QED) is 0.533. The van der Waals surface area contributed by atoms with Crippen molar-refractivity contribution in [1.29, 1.82) is 0 Å². The molecule has 2 aromatic carbocycles. The molecule has 1 aromatic heterocycles. The topological polar surface area (TPSA) is 59.2 Å². The standard InChI is InChI=1S/C20H14ClF4N3O2/c21-16-8-15(22)6-3-12(16)9-28-10-13(7-17(28)29)18-26-19(30-27-18)11-1-4-14(5-2-11)20(23,24)25/h1-6,8,13H,7,9-10H2. The van der Waals surface area contributed by atoms with Crippen LogP contribution in [0.5, 0.6) is 0 Å². The highest BCUT2D eigenvalue weighted by Gasteiger charge is 2.34. The summed E-state index contributed by atoms with van der Waals surface area (Å²) in [6.07, 6.45) is -4.27. The van der Waals surface area contributed by atoms with E-state index in [1.807, 2.05) is 0 Å². The Labute approximate surface area is 173 Å². The number of alkyl halides is 3. The van der Waals surface area contributed by atoms with Crippen LogP contribution in [-0.4, -0.2) is 27.5 Å². The average molecular weight is 440 g/mol. The van der Waals surface area contributed by atoms with Crippen LogP contribution < -0.4 is 0 Å².